The largest absolute Gasteiger partial charge is 0.373 e. The molecule has 8 heteroatoms. The summed E-state index contributed by atoms with van der Waals surface area (Å²) in [6, 6.07) is 13.4. The lowest BCUT2D eigenvalue weighted by Crippen LogP contribution is -2.24. The van der Waals surface area contributed by atoms with Gasteiger partial charge in [0.2, 0.25) is 0 Å². The van der Waals surface area contributed by atoms with Crippen molar-refractivity contribution >= 4 is 17.2 Å². The Kier molecular flexibility index (Phi) is 4.53. The van der Waals surface area contributed by atoms with Gasteiger partial charge in [-0.3, -0.25) is 4.79 Å². The summed E-state index contributed by atoms with van der Waals surface area (Å²) in [7, 11) is 0. The lowest BCUT2D eigenvalue weighted by molar-refractivity contribution is 0.0953. The van der Waals surface area contributed by atoms with E-state index in [2.05, 4.69) is 20.8 Å². The highest BCUT2D eigenvalue weighted by molar-refractivity contribution is 7.14. The maximum atomic E-state index is 12.4. The molecule has 128 valence electrons. The molecule has 2 aromatic heterocycles. The second-order valence-electron chi connectivity index (χ2n) is 5.73. The first-order valence-electron chi connectivity index (χ1n) is 8.13. The molecule has 4 rings (SSSR count). The van der Waals surface area contributed by atoms with Crippen LogP contribution >= 0.6 is 11.3 Å². The van der Waals surface area contributed by atoms with Crippen LogP contribution in [-0.2, 0) is 11.3 Å². The number of nitrogens with one attached hydrogen (secondary N) is 1. The molecular formula is C17H17N5O2S. The van der Waals surface area contributed by atoms with Gasteiger partial charge in [0.1, 0.15) is 0 Å². The van der Waals surface area contributed by atoms with Crippen LogP contribution in [-0.4, -0.2) is 32.7 Å². The summed E-state index contributed by atoms with van der Waals surface area (Å²) in [6.07, 6.45) is 2.23. The average molecular weight is 355 g/mol. The Bertz CT molecular complexity index is 855. The highest BCUT2D eigenvalue weighted by Crippen LogP contribution is 2.33. The molecular weight excluding hydrogens is 338 g/mol. The number of thiophene rings is 1. The minimum Gasteiger partial charge on any atom is -0.373 e. The van der Waals surface area contributed by atoms with Gasteiger partial charge in [0, 0.05) is 11.5 Å². The molecule has 0 bridgehead atoms. The molecule has 3 heterocycles. The third-order valence-electron chi connectivity index (χ3n) is 4.04. The summed E-state index contributed by atoms with van der Waals surface area (Å²) >= 11 is 1.48. The predicted octanol–water partition coefficient (Wildman–Crippen LogP) is 2.51. The van der Waals surface area contributed by atoms with Crippen LogP contribution in [0.2, 0.25) is 0 Å². The minimum atomic E-state index is -0.128. The number of aromatic nitrogens is 4. The topological polar surface area (TPSA) is 81.9 Å². The molecule has 1 aromatic carbocycles. The van der Waals surface area contributed by atoms with Crippen LogP contribution in [0.4, 0.5) is 0 Å². The third-order valence-corrected chi connectivity index (χ3v) is 5.22. The molecule has 3 aromatic rings. The summed E-state index contributed by atoms with van der Waals surface area (Å²) in [5.74, 6) is 0.451. The fourth-order valence-corrected chi connectivity index (χ4v) is 3.79. The van der Waals surface area contributed by atoms with Crippen molar-refractivity contribution in [1.29, 1.82) is 0 Å². The van der Waals surface area contributed by atoms with Crippen LogP contribution in [0.5, 0.6) is 0 Å². The van der Waals surface area contributed by atoms with E-state index in [0.717, 1.165) is 30.0 Å². The van der Waals surface area contributed by atoms with E-state index >= 15 is 0 Å². The van der Waals surface area contributed by atoms with E-state index in [1.54, 1.807) is 4.68 Å². The Balaban J connectivity index is 1.42. The van der Waals surface area contributed by atoms with Crippen molar-refractivity contribution in [3.05, 3.63) is 58.0 Å². The molecule has 1 fully saturated rings. The van der Waals surface area contributed by atoms with Crippen LogP contribution in [0.3, 0.4) is 0 Å². The van der Waals surface area contributed by atoms with Gasteiger partial charge in [-0.25, -0.2) is 0 Å². The SMILES string of the molecule is O=C(NCc1nnnn1-c1ccccc1)c1ccc([C@H]2CCCO2)s1. The first-order valence-corrected chi connectivity index (χ1v) is 8.95. The van der Waals surface area contributed by atoms with E-state index < -0.39 is 0 Å². The first-order chi connectivity index (χ1) is 12.3. The Morgan fingerprint density at radius 1 is 1.28 bits per heavy atom. The number of hydrogen-bond donors (Lipinski definition) is 1. The number of amides is 1. The molecule has 1 aliphatic rings. The molecule has 1 aliphatic heterocycles. The molecule has 0 unspecified atom stereocenters. The number of rotatable bonds is 5. The van der Waals surface area contributed by atoms with E-state index in [1.807, 2.05) is 42.5 Å². The molecule has 7 nitrogen and oxygen atoms in total. The third kappa shape index (κ3) is 3.45. The lowest BCUT2D eigenvalue weighted by atomic mass is 10.2. The first kappa shape index (κ1) is 15.9. The van der Waals surface area contributed by atoms with Crippen molar-refractivity contribution in [2.24, 2.45) is 0 Å². The lowest BCUT2D eigenvalue weighted by Gasteiger charge is -2.06. The molecule has 1 N–H and O–H groups in total. The zero-order valence-electron chi connectivity index (χ0n) is 13.5. The van der Waals surface area contributed by atoms with Crippen LogP contribution in [0, 0.1) is 0 Å². The summed E-state index contributed by atoms with van der Waals surface area (Å²) in [5, 5.41) is 14.6. The van der Waals surface area contributed by atoms with Gasteiger partial charge in [0.15, 0.2) is 5.82 Å². The van der Waals surface area contributed by atoms with Crippen LogP contribution in [0.1, 0.15) is 39.3 Å². The van der Waals surface area contributed by atoms with Crippen molar-refractivity contribution < 1.29 is 9.53 Å². The smallest absolute Gasteiger partial charge is 0.261 e. The maximum absolute atomic E-state index is 12.4. The number of hydrogen-bond acceptors (Lipinski definition) is 6. The van der Waals surface area contributed by atoms with Crippen molar-refractivity contribution in [3.8, 4) is 5.69 Å². The summed E-state index contributed by atoms with van der Waals surface area (Å²) in [5.41, 5.74) is 0.855. The number of carbonyl (C=O) groups excluding carboxylic acids is 1. The molecule has 0 spiro atoms. The van der Waals surface area contributed by atoms with Gasteiger partial charge < -0.3 is 10.1 Å². The fourth-order valence-electron chi connectivity index (χ4n) is 2.78. The summed E-state index contributed by atoms with van der Waals surface area (Å²) in [4.78, 5) is 14.2. The molecule has 1 amide bonds. The van der Waals surface area contributed by atoms with E-state index in [9.17, 15) is 4.79 Å². The number of para-hydroxylation sites is 1. The van der Waals surface area contributed by atoms with Gasteiger partial charge in [-0.1, -0.05) is 18.2 Å². The number of nitrogens with zero attached hydrogens (tertiary/aromatic N) is 4. The van der Waals surface area contributed by atoms with Crippen LogP contribution in [0.25, 0.3) is 5.69 Å². The second-order valence-corrected chi connectivity index (χ2v) is 6.84. The van der Waals surface area contributed by atoms with Gasteiger partial charge in [-0.2, -0.15) is 4.68 Å². The molecule has 1 atom stereocenters. The van der Waals surface area contributed by atoms with Crippen molar-refractivity contribution in [1.82, 2.24) is 25.5 Å². The van der Waals surface area contributed by atoms with Crippen molar-refractivity contribution in [3.63, 3.8) is 0 Å². The summed E-state index contributed by atoms with van der Waals surface area (Å²) < 4.78 is 7.28. The van der Waals surface area contributed by atoms with E-state index in [1.165, 1.54) is 11.3 Å². The van der Waals surface area contributed by atoms with Crippen LogP contribution in [0.15, 0.2) is 42.5 Å². The number of ether oxygens (including phenoxy) is 1. The quantitative estimate of drug-likeness (QED) is 0.760. The zero-order valence-corrected chi connectivity index (χ0v) is 14.3. The zero-order chi connectivity index (χ0) is 17.1. The maximum Gasteiger partial charge on any atom is 0.261 e. The number of carbonyl (C=O) groups is 1. The van der Waals surface area contributed by atoms with Crippen LogP contribution < -0.4 is 5.32 Å². The Morgan fingerprint density at radius 2 is 2.16 bits per heavy atom. The monoisotopic (exact) mass is 355 g/mol. The molecule has 25 heavy (non-hydrogen) atoms. The number of benzene rings is 1. The Labute approximate surface area is 148 Å². The van der Waals surface area contributed by atoms with E-state index in [0.29, 0.717) is 10.7 Å². The van der Waals surface area contributed by atoms with Gasteiger partial charge in [0.05, 0.1) is 23.2 Å². The van der Waals surface area contributed by atoms with Gasteiger partial charge in [0.25, 0.3) is 5.91 Å². The number of tetrazole rings is 1. The van der Waals surface area contributed by atoms with Gasteiger partial charge in [-0.05, 0) is 47.5 Å². The fraction of sp³-hybridized carbons (Fsp3) is 0.294. The highest BCUT2D eigenvalue weighted by atomic mass is 32.1. The molecule has 1 saturated heterocycles. The van der Waals surface area contributed by atoms with Gasteiger partial charge >= 0.3 is 0 Å². The van der Waals surface area contributed by atoms with E-state index in [-0.39, 0.29) is 18.6 Å². The van der Waals surface area contributed by atoms with Crippen molar-refractivity contribution in [2.45, 2.75) is 25.5 Å². The normalized spacial score (nSPS) is 16.9. The van der Waals surface area contributed by atoms with E-state index in [4.69, 9.17) is 4.74 Å². The highest BCUT2D eigenvalue weighted by Gasteiger charge is 2.21. The summed E-state index contributed by atoms with van der Waals surface area (Å²) in [6.45, 7) is 1.06. The standard InChI is InChI=1S/C17H17N5O2S/c23-17(15-9-8-14(25-15)13-7-4-10-24-13)18-11-16-19-20-21-22(16)12-5-2-1-3-6-12/h1-3,5-6,8-9,13H,4,7,10-11H2,(H,18,23)/t13-/m1/s1. The Hall–Kier alpha value is -2.58. The second kappa shape index (κ2) is 7.12. The van der Waals surface area contributed by atoms with Gasteiger partial charge in [-0.15, -0.1) is 16.4 Å². The average Bonchev–Trinajstić information content (AvgIpc) is 3.41. The minimum absolute atomic E-state index is 0.128. The van der Waals surface area contributed by atoms with Crippen molar-refractivity contribution in [2.75, 3.05) is 6.61 Å². The molecule has 0 aliphatic carbocycles. The molecule has 0 radical (unpaired) electrons. The predicted molar refractivity (Wildman–Crippen MR) is 92.6 cm³/mol. The Morgan fingerprint density at radius 3 is 2.96 bits per heavy atom. The molecule has 0 saturated carbocycles.